The minimum Gasteiger partial charge on any atom is -0.497 e. The van der Waals surface area contributed by atoms with Gasteiger partial charge in [0.1, 0.15) is 11.8 Å². The Morgan fingerprint density at radius 3 is 2.41 bits per heavy atom. The molecule has 1 aliphatic rings. The van der Waals surface area contributed by atoms with Gasteiger partial charge < -0.3 is 15.0 Å². The van der Waals surface area contributed by atoms with Gasteiger partial charge in [0.15, 0.2) is 5.69 Å². The normalized spacial score (nSPS) is 15.2. The van der Waals surface area contributed by atoms with Gasteiger partial charge >= 0.3 is 0 Å². The number of ether oxygens (including phenoxy) is 1. The molecule has 0 saturated carbocycles. The second-order valence-electron chi connectivity index (χ2n) is 9.21. The number of benzene rings is 3. The Balaban J connectivity index is 1.22. The first-order valence-corrected chi connectivity index (χ1v) is 12.3. The number of hydrogen-bond acceptors (Lipinski definition) is 5. The monoisotopic (exact) mass is 495 g/mol. The molecule has 5 rings (SSSR count). The predicted octanol–water partition coefficient (Wildman–Crippen LogP) is 3.70. The zero-order chi connectivity index (χ0) is 25.6. The van der Waals surface area contributed by atoms with Crippen LogP contribution in [0.5, 0.6) is 5.75 Å². The van der Waals surface area contributed by atoms with Gasteiger partial charge in [-0.3, -0.25) is 9.59 Å². The number of amides is 2. The molecule has 8 heteroatoms. The van der Waals surface area contributed by atoms with Crippen molar-refractivity contribution in [3.05, 3.63) is 114 Å². The van der Waals surface area contributed by atoms with Crippen molar-refractivity contribution < 1.29 is 14.3 Å². The fourth-order valence-corrected chi connectivity index (χ4v) is 4.74. The molecule has 1 aromatic heterocycles. The van der Waals surface area contributed by atoms with Crippen LogP contribution in [0.3, 0.4) is 0 Å². The maximum absolute atomic E-state index is 12.9. The second kappa shape index (κ2) is 11.1. The maximum Gasteiger partial charge on any atom is 0.273 e. The summed E-state index contributed by atoms with van der Waals surface area (Å²) >= 11 is 0. The van der Waals surface area contributed by atoms with E-state index in [2.05, 4.69) is 15.6 Å². The summed E-state index contributed by atoms with van der Waals surface area (Å²) in [7, 11) is 1.63. The van der Waals surface area contributed by atoms with E-state index in [0.717, 1.165) is 22.4 Å². The van der Waals surface area contributed by atoms with Crippen molar-refractivity contribution in [1.82, 2.24) is 25.2 Å². The first-order valence-electron chi connectivity index (χ1n) is 12.3. The van der Waals surface area contributed by atoms with Gasteiger partial charge in [0.05, 0.1) is 13.3 Å². The largest absolute Gasteiger partial charge is 0.497 e. The molecule has 0 spiro atoms. The Labute approximate surface area is 215 Å². The highest BCUT2D eigenvalue weighted by atomic mass is 16.5. The molecule has 1 N–H and O–H groups in total. The molecule has 37 heavy (non-hydrogen) atoms. The molecule has 4 aromatic rings. The van der Waals surface area contributed by atoms with Crippen molar-refractivity contribution in [3.63, 3.8) is 0 Å². The number of likely N-dealkylation sites (tertiary alicyclic amines) is 1. The molecular formula is C29H29N5O3. The molecule has 1 atom stereocenters. The van der Waals surface area contributed by atoms with Gasteiger partial charge in [-0.25, -0.2) is 4.68 Å². The third-order valence-electron chi connectivity index (χ3n) is 6.59. The van der Waals surface area contributed by atoms with Crippen LogP contribution in [0.15, 0.2) is 91.1 Å². The Bertz CT molecular complexity index is 1320. The van der Waals surface area contributed by atoms with Crippen LogP contribution in [0.2, 0.25) is 0 Å². The number of methoxy groups -OCH3 is 1. The summed E-state index contributed by atoms with van der Waals surface area (Å²) in [6, 6.07) is 27.5. The van der Waals surface area contributed by atoms with Gasteiger partial charge in [0.2, 0.25) is 5.91 Å². The summed E-state index contributed by atoms with van der Waals surface area (Å²) in [6.07, 6.45) is 2.08. The maximum atomic E-state index is 12.9. The fraction of sp³-hybridized carbons (Fsp3) is 0.241. The zero-order valence-electron chi connectivity index (χ0n) is 20.7. The number of nitrogens with zero attached hydrogens (tertiary/aromatic N) is 4. The van der Waals surface area contributed by atoms with E-state index >= 15 is 0 Å². The van der Waals surface area contributed by atoms with Crippen molar-refractivity contribution in [2.45, 2.75) is 19.0 Å². The topological polar surface area (TPSA) is 89.3 Å². The van der Waals surface area contributed by atoms with Gasteiger partial charge in [0, 0.05) is 32.0 Å². The molecule has 0 bridgehead atoms. The second-order valence-corrected chi connectivity index (χ2v) is 9.21. The molecule has 8 nitrogen and oxygen atoms in total. The lowest BCUT2D eigenvalue weighted by Crippen LogP contribution is -2.31. The van der Waals surface area contributed by atoms with Crippen LogP contribution in [0.4, 0.5) is 0 Å². The molecule has 0 aliphatic carbocycles. The summed E-state index contributed by atoms with van der Waals surface area (Å²) in [5, 5.41) is 11.4. The van der Waals surface area contributed by atoms with Crippen molar-refractivity contribution in [1.29, 1.82) is 0 Å². The summed E-state index contributed by atoms with van der Waals surface area (Å²) in [6.45, 7) is 1.51. The highest BCUT2D eigenvalue weighted by Crippen LogP contribution is 2.26. The average Bonchev–Trinajstić information content (AvgIpc) is 3.56. The minimum atomic E-state index is -0.301. The van der Waals surface area contributed by atoms with Gasteiger partial charge in [0.25, 0.3) is 5.91 Å². The van der Waals surface area contributed by atoms with Gasteiger partial charge in [-0.15, -0.1) is 5.10 Å². The summed E-state index contributed by atoms with van der Waals surface area (Å²) in [4.78, 5) is 27.3. The van der Waals surface area contributed by atoms with Crippen molar-refractivity contribution >= 4 is 11.8 Å². The van der Waals surface area contributed by atoms with Gasteiger partial charge in [-0.2, -0.15) is 0 Å². The molecule has 1 unspecified atom stereocenters. The summed E-state index contributed by atoms with van der Waals surface area (Å²) in [5.74, 6) is 0.590. The summed E-state index contributed by atoms with van der Waals surface area (Å²) in [5.41, 5.74) is 3.35. The number of carbonyl (C=O) groups is 2. The van der Waals surface area contributed by atoms with E-state index in [1.54, 1.807) is 18.0 Å². The van der Waals surface area contributed by atoms with E-state index in [9.17, 15) is 9.59 Å². The molecule has 188 valence electrons. The predicted molar refractivity (Wildman–Crippen MR) is 139 cm³/mol. The lowest BCUT2D eigenvalue weighted by Gasteiger charge is -2.18. The van der Waals surface area contributed by atoms with Crippen LogP contribution in [-0.2, 0) is 11.3 Å². The van der Waals surface area contributed by atoms with E-state index in [0.29, 0.717) is 26.1 Å². The van der Waals surface area contributed by atoms with Crippen molar-refractivity contribution in [3.8, 4) is 5.75 Å². The third-order valence-corrected chi connectivity index (χ3v) is 6.59. The quantitative estimate of drug-likeness (QED) is 0.383. The molecule has 1 saturated heterocycles. The van der Waals surface area contributed by atoms with Crippen molar-refractivity contribution in [2.24, 2.45) is 5.92 Å². The Kier molecular flexibility index (Phi) is 7.26. The number of rotatable bonds is 9. The van der Waals surface area contributed by atoms with Crippen LogP contribution in [0.1, 0.15) is 39.6 Å². The highest BCUT2D eigenvalue weighted by Gasteiger charge is 2.30. The van der Waals surface area contributed by atoms with Crippen LogP contribution in [-0.4, -0.2) is 51.9 Å². The van der Waals surface area contributed by atoms with Crippen molar-refractivity contribution in [2.75, 3.05) is 20.2 Å². The number of aromatic nitrogens is 3. The van der Waals surface area contributed by atoms with Gasteiger partial charge in [-0.1, -0.05) is 78.0 Å². The number of hydrogen-bond donors (Lipinski definition) is 1. The van der Waals surface area contributed by atoms with Crippen LogP contribution in [0.25, 0.3) is 0 Å². The van der Waals surface area contributed by atoms with E-state index in [1.165, 1.54) is 0 Å². The van der Waals surface area contributed by atoms with E-state index < -0.39 is 0 Å². The smallest absolute Gasteiger partial charge is 0.273 e. The van der Waals surface area contributed by atoms with Crippen LogP contribution >= 0.6 is 0 Å². The highest BCUT2D eigenvalue weighted by molar-refractivity contribution is 5.92. The average molecular weight is 496 g/mol. The Morgan fingerprint density at radius 2 is 1.73 bits per heavy atom. The lowest BCUT2D eigenvalue weighted by atomic mass is 9.99. The number of nitrogens with one attached hydrogen (secondary N) is 1. The molecule has 3 aromatic carbocycles. The third kappa shape index (κ3) is 5.69. The summed E-state index contributed by atoms with van der Waals surface area (Å²) < 4.78 is 6.99. The zero-order valence-corrected chi connectivity index (χ0v) is 20.7. The lowest BCUT2D eigenvalue weighted by molar-refractivity contribution is -0.128. The van der Waals surface area contributed by atoms with Crippen LogP contribution in [0, 0.1) is 5.92 Å². The molecule has 1 aliphatic heterocycles. The van der Waals surface area contributed by atoms with E-state index in [4.69, 9.17) is 4.74 Å². The molecule has 2 heterocycles. The van der Waals surface area contributed by atoms with E-state index in [-0.39, 0.29) is 29.5 Å². The van der Waals surface area contributed by atoms with Crippen LogP contribution < -0.4 is 10.1 Å². The van der Waals surface area contributed by atoms with E-state index in [1.807, 2.05) is 89.8 Å². The molecule has 1 fully saturated rings. The Hall–Kier alpha value is -4.46. The first-order chi connectivity index (χ1) is 18.1. The fourth-order valence-electron chi connectivity index (χ4n) is 4.74. The SMILES string of the molecule is COc1cccc(CN2CC(CNC(=O)c3cn(C(c4ccccc4)c4ccccc4)nn3)CC2=O)c1. The van der Waals surface area contributed by atoms with Gasteiger partial charge in [-0.05, 0) is 28.8 Å². The standard InChI is InChI=1S/C29H29N5O3/c1-37-25-14-8-9-21(15-25)18-33-19-22(16-27(33)35)17-30-29(36)26-20-34(32-31-26)28(23-10-4-2-5-11-23)24-12-6-3-7-13-24/h2-15,20,22,28H,16-19H2,1H3,(H,30,36). The molecule has 0 radical (unpaired) electrons. The molecular weight excluding hydrogens is 466 g/mol. The first kappa shape index (κ1) is 24.2. The Morgan fingerprint density at radius 1 is 1.03 bits per heavy atom. The molecule has 2 amide bonds. The number of carbonyl (C=O) groups excluding carboxylic acids is 2. The minimum absolute atomic E-state index is 0.0403.